The minimum atomic E-state index is -0.0981. The number of benzene rings is 1. The molecule has 0 radical (unpaired) electrons. The average Bonchev–Trinajstić information content (AvgIpc) is 3.00. The normalized spacial score (nSPS) is 11.0. The summed E-state index contributed by atoms with van der Waals surface area (Å²) in [5.41, 5.74) is 4.58. The maximum atomic E-state index is 12.9. The van der Waals surface area contributed by atoms with Crippen LogP contribution in [0.3, 0.4) is 0 Å². The van der Waals surface area contributed by atoms with Gasteiger partial charge < -0.3 is 0 Å². The molecule has 0 saturated carbocycles. The van der Waals surface area contributed by atoms with Crippen molar-refractivity contribution < 1.29 is 0 Å². The van der Waals surface area contributed by atoms with Crippen molar-refractivity contribution in [2.45, 2.75) is 6.92 Å². The van der Waals surface area contributed by atoms with E-state index < -0.39 is 0 Å². The smallest absolute Gasteiger partial charge is 0.280 e. The van der Waals surface area contributed by atoms with Gasteiger partial charge in [-0.2, -0.15) is 0 Å². The van der Waals surface area contributed by atoms with Crippen molar-refractivity contribution in [1.29, 1.82) is 0 Å². The third-order valence-electron chi connectivity index (χ3n) is 3.90. The standard InChI is InChI=1S/C18H14N4O/c1-12-16(14-5-3-2-4-6-14)18(23)22-17(21-12)15(11-20-22)13-7-9-19-10-8-13/h2-11,20H,1H3. The number of hydrogen-bond donors (Lipinski definition) is 1. The molecule has 0 atom stereocenters. The van der Waals surface area contributed by atoms with Gasteiger partial charge in [0.2, 0.25) is 0 Å². The van der Waals surface area contributed by atoms with Gasteiger partial charge in [-0.05, 0) is 30.2 Å². The van der Waals surface area contributed by atoms with Gasteiger partial charge in [0.1, 0.15) is 0 Å². The Labute approximate surface area is 132 Å². The molecule has 1 N–H and O–H groups in total. The van der Waals surface area contributed by atoms with E-state index in [1.165, 1.54) is 4.52 Å². The number of pyridine rings is 1. The van der Waals surface area contributed by atoms with Crippen LogP contribution in [-0.4, -0.2) is 19.6 Å². The maximum Gasteiger partial charge on any atom is 0.280 e. The highest BCUT2D eigenvalue weighted by atomic mass is 16.1. The van der Waals surface area contributed by atoms with E-state index >= 15 is 0 Å². The Balaban J connectivity index is 2.00. The Hall–Kier alpha value is -3.21. The van der Waals surface area contributed by atoms with Crippen LogP contribution in [0.5, 0.6) is 0 Å². The molecule has 0 bridgehead atoms. The molecule has 0 amide bonds. The highest BCUT2D eigenvalue weighted by molar-refractivity contribution is 5.78. The molecule has 3 heterocycles. The van der Waals surface area contributed by atoms with Gasteiger partial charge in [-0.15, -0.1) is 0 Å². The van der Waals surface area contributed by atoms with Crippen LogP contribution < -0.4 is 5.56 Å². The summed E-state index contributed by atoms with van der Waals surface area (Å²) < 4.78 is 1.49. The summed E-state index contributed by atoms with van der Waals surface area (Å²) in [4.78, 5) is 21.6. The summed E-state index contributed by atoms with van der Waals surface area (Å²) >= 11 is 0. The number of hydrogen-bond acceptors (Lipinski definition) is 3. The summed E-state index contributed by atoms with van der Waals surface area (Å²) in [7, 11) is 0. The fourth-order valence-electron chi connectivity index (χ4n) is 2.80. The molecule has 0 spiro atoms. The van der Waals surface area contributed by atoms with Crippen LogP contribution in [0, 0.1) is 6.92 Å². The molecular weight excluding hydrogens is 288 g/mol. The molecule has 0 fully saturated rings. The van der Waals surface area contributed by atoms with Crippen molar-refractivity contribution in [3.8, 4) is 22.3 Å². The number of fused-ring (bicyclic) bond motifs is 1. The summed E-state index contributed by atoms with van der Waals surface area (Å²) in [5, 5.41) is 3.01. The molecular formula is C18H14N4O. The minimum Gasteiger partial charge on any atom is -0.296 e. The molecule has 0 aliphatic heterocycles. The molecule has 4 rings (SSSR count). The average molecular weight is 302 g/mol. The zero-order valence-electron chi connectivity index (χ0n) is 12.5. The number of rotatable bonds is 2. The van der Waals surface area contributed by atoms with Gasteiger partial charge in [-0.25, -0.2) is 9.50 Å². The van der Waals surface area contributed by atoms with E-state index in [0.717, 1.165) is 22.4 Å². The monoisotopic (exact) mass is 302 g/mol. The van der Waals surface area contributed by atoms with E-state index in [1.54, 1.807) is 18.6 Å². The molecule has 4 aromatic rings. The van der Waals surface area contributed by atoms with Crippen molar-refractivity contribution in [3.63, 3.8) is 0 Å². The number of aromatic amines is 1. The topological polar surface area (TPSA) is 63.1 Å². The molecule has 5 heteroatoms. The Morgan fingerprint density at radius 3 is 2.48 bits per heavy atom. The number of H-pyrrole nitrogens is 1. The first kappa shape index (κ1) is 13.5. The lowest BCUT2D eigenvalue weighted by Gasteiger charge is -2.06. The van der Waals surface area contributed by atoms with E-state index in [9.17, 15) is 4.79 Å². The fraction of sp³-hybridized carbons (Fsp3) is 0.0556. The molecule has 3 aromatic heterocycles. The van der Waals surface area contributed by atoms with E-state index in [-0.39, 0.29) is 5.56 Å². The SMILES string of the molecule is Cc1nc2c(-c3ccncc3)c[nH]n2c(=O)c1-c1ccccc1. The predicted molar refractivity (Wildman–Crippen MR) is 89.2 cm³/mol. The minimum absolute atomic E-state index is 0.0981. The zero-order valence-corrected chi connectivity index (χ0v) is 12.5. The third-order valence-corrected chi connectivity index (χ3v) is 3.90. The van der Waals surface area contributed by atoms with Crippen molar-refractivity contribution in [2.24, 2.45) is 0 Å². The van der Waals surface area contributed by atoms with Gasteiger partial charge in [0, 0.05) is 24.2 Å². The number of aryl methyl sites for hydroxylation is 1. The lowest BCUT2D eigenvalue weighted by Crippen LogP contribution is -2.19. The number of nitrogens with one attached hydrogen (secondary N) is 1. The van der Waals surface area contributed by atoms with Crippen LogP contribution in [0.2, 0.25) is 0 Å². The van der Waals surface area contributed by atoms with Crippen molar-refractivity contribution in [2.75, 3.05) is 0 Å². The number of aromatic nitrogens is 4. The lowest BCUT2D eigenvalue weighted by molar-refractivity contribution is 0.893. The van der Waals surface area contributed by atoms with Crippen LogP contribution in [0.1, 0.15) is 5.69 Å². The quantitative estimate of drug-likeness (QED) is 0.619. The van der Waals surface area contributed by atoms with Crippen LogP contribution in [0.25, 0.3) is 27.9 Å². The molecule has 0 aliphatic rings. The summed E-state index contributed by atoms with van der Waals surface area (Å²) in [6.45, 7) is 1.87. The molecule has 23 heavy (non-hydrogen) atoms. The van der Waals surface area contributed by atoms with Crippen molar-refractivity contribution >= 4 is 5.65 Å². The largest absolute Gasteiger partial charge is 0.296 e. The van der Waals surface area contributed by atoms with Gasteiger partial charge in [0.25, 0.3) is 5.56 Å². The summed E-state index contributed by atoms with van der Waals surface area (Å²) in [6, 6.07) is 13.4. The summed E-state index contributed by atoms with van der Waals surface area (Å²) in [6.07, 6.45) is 5.25. The maximum absolute atomic E-state index is 12.9. The third kappa shape index (κ3) is 2.14. The second-order valence-corrected chi connectivity index (χ2v) is 5.33. The van der Waals surface area contributed by atoms with E-state index in [2.05, 4.69) is 15.1 Å². The van der Waals surface area contributed by atoms with E-state index in [1.807, 2.05) is 49.4 Å². The number of nitrogens with zero attached hydrogens (tertiary/aromatic N) is 3. The van der Waals surface area contributed by atoms with Gasteiger partial charge >= 0.3 is 0 Å². The van der Waals surface area contributed by atoms with E-state index in [4.69, 9.17) is 0 Å². The van der Waals surface area contributed by atoms with Gasteiger partial charge in [-0.3, -0.25) is 14.9 Å². The summed E-state index contributed by atoms with van der Waals surface area (Å²) in [5.74, 6) is 0. The second-order valence-electron chi connectivity index (χ2n) is 5.33. The molecule has 0 saturated heterocycles. The zero-order chi connectivity index (χ0) is 15.8. The van der Waals surface area contributed by atoms with Crippen molar-refractivity contribution in [3.05, 3.63) is 77.1 Å². The van der Waals surface area contributed by atoms with Crippen LogP contribution in [-0.2, 0) is 0 Å². The Morgan fingerprint density at radius 1 is 1.00 bits per heavy atom. The molecule has 0 aliphatic carbocycles. The molecule has 5 nitrogen and oxygen atoms in total. The van der Waals surface area contributed by atoms with Gasteiger partial charge in [0.15, 0.2) is 5.65 Å². The molecule has 0 unspecified atom stereocenters. The van der Waals surface area contributed by atoms with Gasteiger partial charge in [-0.1, -0.05) is 30.3 Å². The fourth-order valence-corrected chi connectivity index (χ4v) is 2.80. The first-order valence-electron chi connectivity index (χ1n) is 7.32. The van der Waals surface area contributed by atoms with Crippen LogP contribution >= 0.6 is 0 Å². The van der Waals surface area contributed by atoms with Crippen LogP contribution in [0.15, 0.2) is 65.8 Å². The Bertz CT molecular complexity index is 1030. The Morgan fingerprint density at radius 2 is 1.74 bits per heavy atom. The first-order valence-corrected chi connectivity index (χ1v) is 7.32. The first-order chi connectivity index (χ1) is 11.3. The van der Waals surface area contributed by atoms with E-state index in [0.29, 0.717) is 11.2 Å². The Kier molecular flexibility index (Phi) is 3.05. The highest BCUT2D eigenvalue weighted by Gasteiger charge is 2.15. The lowest BCUT2D eigenvalue weighted by atomic mass is 10.1. The van der Waals surface area contributed by atoms with Crippen LogP contribution in [0.4, 0.5) is 0 Å². The molecule has 112 valence electrons. The highest BCUT2D eigenvalue weighted by Crippen LogP contribution is 2.24. The van der Waals surface area contributed by atoms with Crippen molar-refractivity contribution in [1.82, 2.24) is 19.6 Å². The van der Waals surface area contributed by atoms with Gasteiger partial charge in [0.05, 0.1) is 11.3 Å². The predicted octanol–water partition coefficient (Wildman–Crippen LogP) is 3.06. The molecule has 1 aromatic carbocycles. The second kappa shape index (κ2) is 5.21.